The molecule has 138 valence electrons. The first-order valence-corrected chi connectivity index (χ1v) is 9.07. The van der Waals surface area contributed by atoms with Crippen molar-refractivity contribution in [1.82, 2.24) is 20.1 Å². The van der Waals surface area contributed by atoms with Crippen molar-refractivity contribution in [2.45, 2.75) is 19.4 Å². The minimum atomic E-state index is -0.249. The summed E-state index contributed by atoms with van der Waals surface area (Å²) in [6, 6.07) is 13.7. The summed E-state index contributed by atoms with van der Waals surface area (Å²) in [5.74, 6) is -0.0392. The zero-order valence-electron chi connectivity index (χ0n) is 15.5. The minimum Gasteiger partial charge on any atom is -0.385 e. The van der Waals surface area contributed by atoms with Gasteiger partial charge in [0.2, 0.25) is 0 Å². The van der Waals surface area contributed by atoms with E-state index in [2.05, 4.69) is 34.2 Å². The molecule has 0 fully saturated rings. The number of aromatic nitrogens is 3. The molecule has 0 bridgehead atoms. The minimum absolute atomic E-state index is 0.0392. The lowest BCUT2D eigenvalue weighted by atomic mass is 9.98. The molecule has 2 aromatic heterocycles. The molecule has 3 heterocycles. The van der Waals surface area contributed by atoms with Crippen molar-refractivity contribution in [3.05, 3.63) is 71.2 Å². The maximum atomic E-state index is 13.1. The van der Waals surface area contributed by atoms with Gasteiger partial charge in [0.05, 0.1) is 11.4 Å². The van der Waals surface area contributed by atoms with Crippen molar-refractivity contribution >= 4 is 5.91 Å². The van der Waals surface area contributed by atoms with Crippen molar-refractivity contribution in [3.8, 4) is 11.3 Å². The number of ether oxygens (including phenoxy) is 1. The van der Waals surface area contributed by atoms with E-state index in [4.69, 9.17) is 4.74 Å². The number of fused-ring (bicyclic) bond motifs is 1. The first kappa shape index (κ1) is 17.4. The van der Waals surface area contributed by atoms with Gasteiger partial charge in [0.15, 0.2) is 0 Å². The number of hydrogen-bond donors (Lipinski definition) is 1. The molecule has 0 saturated carbocycles. The van der Waals surface area contributed by atoms with E-state index in [-0.39, 0.29) is 11.9 Å². The molecule has 0 aliphatic carbocycles. The van der Waals surface area contributed by atoms with E-state index in [1.54, 1.807) is 13.3 Å². The highest BCUT2D eigenvalue weighted by Crippen LogP contribution is 2.42. The molecular formula is C21H22N4O2. The predicted octanol–water partition coefficient (Wildman–Crippen LogP) is 3.36. The highest BCUT2D eigenvalue weighted by molar-refractivity contribution is 6.00. The largest absolute Gasteiger partial charge is 0.385 e. The van der Waals surface area contributed by atoms with Crippen LogP contribution in [0.3, 0.4) is 0 Å². The molecule has 1 aromatic carbocycles. The number of rotatable bonds is 6. The molecular weight excluding hydrogens is 340 g/mol. The normalized spacial score (nSPS) is 16.0. The van der Waals surface area contributed by atoms with Crippen LogP contribution >= 0.6 is 0 Å². The van der Waals surface area contributed by atoms with Crippen LogP contribution in [0.5, 0.6) is 0 Å². The fraction of sp³-hybridized carbons (Fsp3) is 0.286. The van der Waals surface area contributed by atoms with E-state index < -0.39 is 0 Å². The second-order valence-corrected chi connectivity index (χ2v) is 6.73. The van der Waals surface area contributed by atoms with Gasteiger partial charge in [0.1, 0.15) is 11.7 Å². The molecule has 0 spiro atoms. The summed E-state index contributed by atoms with van der Waals surface area (Å²) in [5.41, 5.74) is 5.29. The van der Waals surface area contributed by atoms with Crippen molar-refractivity contribution < 1.29 is 9.53 Å². The summed E-state index contributed by atoms with van der Waals surface area (Å²) in [6.07, 6.45) is 2.53. The van der Waals surface area contributed by atoms with Gasteiger partial charge in [-0.05, 0) is 25.5 Å². The van der Waals surface area contributed by atoms with Gasteiger partial charge in [-0.1, -0.05) is 35.9 Å². The van der Waals surface area contributed by atoms with Gasteiger partial charge in [-0.15, -0.1) is 0 Å². The number of pyridine rings is 1. The number of nitrogens with one attached hydrogen (secondary N) is 1. The van der Waals surface area contributed by atoms with E-state index in [1.165, 1.54) is 5.56 Å². The van der Waals surface area contributed by atoms with E-state index in [9.17, 15) is 4.79 Å². The molecule has 0 saturated heterocycles. The number of aryl methyl sites for hydroxylation is 1. The number of amides is 1. The Morgan fingerprint density at radius 3 is 2.70 bits per heavy atom. The molecule has 4 rings (SSSR count). The Balaban J connectivity index is 1.80. The van der Waals surface area contributed by atoms with Crippen LogP contribution in [0.1, 0.15) is 39.8 Å². The van der Waals surface area contributed by atoms with Gasteiger partial charge >= 0.3 is 0 Å². The first-order chi connectivity index (χ1) is 13.2. The quantitative estimate of drug-likeness (QED) is 0.683. The SMILES string of the molecule is COCCCN1C(=O)c2[nH]nc(-c3ccc(C)cc3)c2C1c1ccccn1. The monoisotopic (exact) mass is 362 g/mol. The lowest BCUT2D eigenvalue weighted by Crippen LogP contribution is -2.31. The molecule has 1 aliphatic heterocycles. The number of carbonyl (C=O) groups excluding carboxylic acids is 1. The topological polar surface area (TPSA) is 71.1 Å². The first-order valence-electron chi connectivity index (χ1n) is 9.07. The van der Waals surface area contributed by atoms with Crippen molar-refractivity contribution in [2.24, 2.45) is 0 Å². The summed E-state index contributed by atoms with van der Waals surface area (Å²) in [7, 11) is 1.67. The molecule has 1 atom stereocenters. The molecule has 6 nitrogen and oxygen atoms in total. The number of hydrogen-bond acceptors (Lipinski definition) is 4. The second-order valence-electron chi connectivity index (χ2n) is 6.73. The van der Waals surface area contributed by atoms with Crippen LogP contribution in [0.2, 0.25) is 0 Å². The van der Waals surface area contributed by atoms with Gasteiger partial charge in [-0.25, -0.2) is 0 Å². The van der Waals surface area contributed by atoms with Crippen LogP contribution in [0, 0.1) is 6.92 Å². The molecule has 1 amide bonds. The predicted molar refractivity (Wildman–Crippen MR) is 102 cm³/mol. The van der Waals surface area contributed by atoms with Crippen LogP contribution in [-0.4, -0.2) is 46.2 Å². The summed E-state index contributed by atoms with van der Waals surface area (Å²) >= 11 is 0. The number of aromatic amines is 1. The highest BCUT2D eigenvalue weighted by Gasteiger charge is 2.42. The third-order valence-corrected chi connectivity index (χ3v) is 4.90. The lowest BCUT2D eigenvalue weighted by Gasteiger charge is -2.25. The Kier molecular flexibility index (Phi) is 4.73. The molecule has 1 unspecified atom stereocenters. The standard InChI is InChI=1S/C21H22N4O2/c1-14-7-9-15(10-8-14)18-17-19(24-23-18)21(26)25(12-5-13-27-2)20(17)16-6-3-4-11-22-16/h3-4,6-11,20H,5,12-13H2,1-2H3,(H,23,24). The van der Waals surface area contributed by atoms with Gasteiger partial charge in [0, 0.05) is 37.6 Å². The fourth-order valence-electron chi connectivity index (χ4n) is 3.58. The number of nitrogens with zero attached hydrogens (tertiary/aromatic N) is 3. The zero-order valence-corrected chi connectivity index (χ0v) is 15.5. The van der Waals surface area contributed by atoms with Crippen LogP contribution in [-0.2, 0) is 4.74 Å². The zero-order chi connectivity index (χ0) is 18.8. The van der Waals surface area contributed by atoms with Gasteiger partial charge < -0.3 is 9.64 Å². The molecule has 27 heavy (non-hydrogen) atoms. The average molecular weight is 362 g/mol. The second kappa shape index (κ2) is 7.32. The molecule has 3 aromatic rings. The number of benzene rings is 1. The number of methoxy groups -OCH3 is 1. The van der Waals surface area contributed by atoms with E-state index in [0.29, 0.717) is 18.8 Å². The third kappa shape index (κ3) is 3.13. The van der Waals surface area contributed by atoms with Crippen molar-refractivity contribution in [2.75, 3.05) is 20.3 Å². The maximum absolute atomic E-state index is 13.1. The Morgan fingerprint density at radius 1 is 1.19 bits per heavy atom. The van der Waals surface area contributed by atoms with Gasteiger partial charge in [0.25, 0.3) is 5.91 Å². The van der Waals surface area contributed by atoms with Crippen molar-refractivity contribution in [1.29, 1.82) is 0 Å². The fourth-order valence-corrected chi connectivity index (χ4v) is 3.58. The Labute approximate surface area is 158 Å². The van der Waals surface area contributed by atoms with Gasteiger partial charge in [-0.3, -0.25) is 14.9 Å². The number of carbonyl (C=O) groups is 1. The summed E-state index contributed by atoms with van der Waals surface area (Å²) in [6.45, 7) is 3.26. The lowest BCUT2D eigenvalue weighted by molar-refractivity contribution is 0.0720. The average Bonchev–Trinajstić information content (AvgIpc) is 3.23. The summed E-state index contributed by atoms with van der Waals surface area (Å²) < 4.78 is 5.17. The molecule has 1 N–H and O–H groups in total. The van der Waals surface area contributed by atoms with Crippen LogP contribution in [0.15, 0.2) is 48.7 Å². The molecule has 0 radical (unpaired) electrons. The van der Waals surface area contributed by atoms with Crippen molar-refractivity contribution in [3.63, 3.8) is 0 Å². The highest BCUT2D eigenvalue weighted by atomic mass is 16.5. The van der Waals surface area contributed by atoms with E-state index in [0.717, 1.165) is 28.9 Å². The van der Waals surface area contributed by atoms with Crippen LogP contribution in [0.4, 0.5) is 0 Å². The van der Waals surface area contributed by atoms with Crippen LogP contribution in [0.25, 0.3) is 11.3 Å². The Bertz CT molecular complexity index is 935. The van der Waals surface area contributed by atoms with E-state index in [1.807, 2.05) is 35.2 Å². The Hall–Kier alpha value is -2.99. The van der Waals surface area contributed by atoms with E-state index >= 15 is 0 Å². The van der Waals surface area contributed by atoms with Crippen LogP contribution < -0.4 is 0 Å². The third-order valence-electron chi connectivity index (χ3n) is 4.90. The molecule has 1 aliphatic rings. The summed E-state index contributed by atoms with van der Waals surface area (Å²) in [4.78, 5) is 19.5. The molecule has 6 heteroatoms. The number of H-pyrrole nitrogens is 1. The Morgan fingerprint density at radius 2 is 2.00 bits per heavy atom. The van der Waals surface area contributed by atoms with Gasteiger partial charge in [-0.2, -0.15) is 5.10 Å². The smallest absolute Gasteiger partial charge is 0.273 e. The summed E-state index contributed by atoms with van der Waals surface area (Å²) in [5, 5.41) is 7.44. The maximum Gasteiger partial charge on any atom is 0.273 e.